The second kappa shape index (κ2) is 5.92. The van der Waals surface area contributed by atoms with E-state index in [0.717, 1.165) is 42.0 Å². The number of thiophene rings is 1. The van der Waals surface area contributed by atoms with Crippen molar-refractivity contribution < 1.29 is 4.79 Å². The van der Waals surface area contributed by atoms with Gasteiger partial charge in [-0.25, -0.2) is 15.8 Å². The number of fused-ring (bicyclic) bond motifs is 1. The van der Waals surface area contributed by atoms with Crippen LogP contribution < -0.4 is 17.0 Å². The molecular weight excluding hydrogens is 288 g/mol. The summed E-state index contributed by atoms with van der Waals surface area (Å²) in [7, 11) is 0. The zero-order chi connectivity index (χ0) is 14.8. The number of primary amides is 1. The number of rotatable bonds is 4. The molecule has 1 saturated heterocycles. The first kappa shape index (κ1) is 14.2. The second-order valence-electron chi connectivity index (χ2n) is 5.22. The number of nitrogen functional groups attached to an aromatic ring is 1. The summed E-state index contributed by atoms with van der Waals surface area (Å²) in [5.41, 5.74) is 7.98. The van der Waals surface area contributed by atoms with Gasteiger partial charge in [0.2, 0.25) is 5.91 Å². The number of anilines is 1. The molecule has 1 aliphatic heterocycles. The Hall–Kier alpha value is -1.77. The molecule has 7 nitrogen and oxygen atoms in total. The monoisotopic (exact) mass is 306 g/mol. The van der Waals surface area contributed by atoms with E-state index in [0.29, 0.717) is 12.4 Å². The molecule has 1 amide bonds. The number of carbonyl (C=O) groups excluding carboxylic acids is 1. The van der Waals surface area contributed by atoms with Crippen molar-refractivity contribution in [2.24, 2.45) is 17.5 Å². The quantitative estimate of drug-likeness (QED) is 0.566. The van der Waals surface area contributed by atoms with Gasteiger partial charge in [-0.3, -0.25) is 9.69 Å². The molecule has 1 fully saturated rings. The summed E-state index contributed by atoms with van der Waals surface area (Å²) in [6.45, 7) is 2.34. The van der Waals surface area contributed by atoms with E-state index in [9.17, 15) is 4.79 Å². The van der Waals surface area contributed by atoms with Gasteiger partial charge in [0.25, 0.3) is 0 Å². The second-order valence-corrected chi connectivity index (χ2v) is 6.12. The molecule has 0 radical (unpaired) electrons. The average molecular weight is 306 g/mol. The number of nitrogens with two attached hydrogens (primary N) is 2. The lowest BCUT2D eigenvalue weighted by Crippen LogP contribution is -2.38. The number of likely N-dealkylation sites (tertiary alicyclic amines) is 1. The number of aromatic nitrogens is 2. The fraction of sp³-hybridized carbons (Fsp3) is 0.462. The first-order chi connectivity index (χ1) is 10.2. The molecular formula is C13H18N6OS. The van der Waals surface area contributed by atoms with Crippen molar-refractivity contribution in [2.45, 2.75) is 19.4 Å². The Morgan fingerprint density at radius 2 is 2.19 bits per heavy atom. The van der Waals surface area contributed by atoms with Crippen molar-refractivity contribution in [3.8, 4) is 0 Å². The summed E-state index contributed by atoms with van der Waals surface area (Å²) in [5, 5.41) is 2.92. The van der Waals surface area contributed by atoms with Crippen molar-refractivity contribution >= 4 is 33.3 Å². The van der Waals surface area contributed by atoms with E-state index in [1.165, 1.54) is 0 Å². The van der Waals surface area contributed by atoms with Crippen LogP contribution >= 0.6 is 11.3 Å². The summed E-state index contributed by atoms with van der Waals surface area (Å²) in [6.07, 6.45) is 1.61. The van der Waals surface area contributed by atoms with Crippen LogP contribution in [-0.4, -0.2) is 33.9 Å². The maximum absolute atomic E-state index is 11.2. The van der Waals surface area contributed by atoms with Crippen molar-refractivity contribution in [1.29, 1.82) is 0 Å². The van der Waals surface area contributed by atoms with E-state index in [2.05, 4.69) is 20.3 Å². The summed E-state index contributed by atoms with van der Waals surface area (Å²) >= 11 is 1.57. The molecule has 0 aliphatic carbocycles. The van der Waals surface area contributed by atoms with Gasteiger partial charge in [0.1, 0.15) is 10.7 Å². The number of nitrogens with zero attached hydrogens (tertiary/aromatic N) is 3. The van der Waals surface area contributed by atoms with Crippen LogP contribution in [0, 0.1) is 5.92 Å². The fourth-order valence-corrected chi connectivity index (χ4v) is 3.44. The van der Waals surface area contributed by atoms with Crippen LogP contribution in [0.15, 0.2) is 11.4 Å². The first-order valence-corrected chi connectivity index (χ1v) is 7.77. The Balaban J connectivity index is 1.72. The third-order valence-corrected chi connectivity index (χ3v) is 4.67. The average Bonchev–Trinajstić information content (AvgIpc) is 2.95. The largest absolute Gasteiger partial charge is 0.369 e. The van der Waals surface area contributed by atoms with Crippen molar-refractivity contribution in [3.63, 3.8) is 0 Å². The SMILES string of the molecule is NNc1nc(CN2CCC(C(N)=O)CC2)nc2sccc12. The zero-order valence-electron chi connectivity index (χ0n) is 11.6. The predicted molar refractivity (Wildman–Crippen MR) is 82.4 cm³/mol. The van der Waals surface area contributed by atoms with Gasteiger partial charge in [0.15, 0.2) is 5.82 Å². The molecule has 0 spiro atoms. The van der Waals surface area contributed by atoms with Crippen LogP contribution in [0.4, 0.5) is 5.82 Å². The molecule has 0 saturated carbocycles. The Labute approximate surface area is 126 Å². The Morgan fingerprint density at radius 1 is 1.43 bits per heavy atom. The first-order valence-electron chi connectivity index (χ1n) is 6.90. The summed E-state index contributed by atoms with van der Waals surface area (Å²) < 4.78 is 0. The summed E-state index contributed by atoms with van der Waals surface area (Å²) in [6, 6.07) is 1.96. The van der Waals surface area contributed by atoms with Gasteiger partial charge >= 0.3 is 0 Å². The molecule has 0 aromatic carbocycles. The maximum Gasteiger partial charge on any atom is 0.220 e. The minimum absolute atomic E-state index is 0.00298. The third kappa shape index (κ3) is 2.97. The number of nitrogens with one attached hydrogen (secondary N) is 1. The Kier molecular flexibility index (Phi) is 4.00. The highest BCUT2D eigenvalue weighted by Crippen LogP contribution is 2.25. The normalized spacial score (nSPS) is 17.2. The van der Waals surface area contributed by atoms with Gasteiger partial charge in [-0.15, -0.1) is 11.3 Å². The van der Waals surface area contributed by atoms with E-state index in [4.69, 9.17) is 11.6 Å². The number of hydrogen-bond acceptors (Lipinski definition) is 7. The third-order valence-electron chi connectivity index (χ3n) is 3.86. The van der Waals surface area contributed by atoms with Crippen LogP contribution in [0.2, 0.25) is 0 Å². The lowest BCUT2D eigenvalue weighted by molar-refractivity contribution is -0.123. The Bertz CT molecular complexity index is 649. The van der Waals surface area contributed by atoms with E-state index < -0.39 is 0 Å². The minimum Gasteiger partial charge on any atom is -0.369 e. The van der Waals surface area contributed by atoms with Gasteiger partial charge in [-0.05, 0) is 37.4 Å². The molecule has 112 valence electrons. The molecule has 8 heteroatoms. The number of carbonyl (C=O) groups is 1. The number of hydrogen-bond donors (Lipinski definition) is 3. The fourth-order valence-electron chi connectivity index (χ4n) is 2.66. The lowest BCUT2D eigenvalue weighted by atomic mass is 9.96. The molecule has 3 rings (SSSR count). The van der Waals surface area contributed by atoms with Gasteiger partial charge in [0, 0.05) is 5.92 Å². The molecule has 5 N–H and O–H groups in total. The van der Waals surface area contributed by atoms with Crippen LogP contribution in [0.1, 0.15) is 18.7 Å². The highest BCUT2D eigenvalue weighted by Gasteiger charge is 2.23. The van der Waals surface area contributed by atoms with Crippen molar-refractivity contribution in [2.75, 3.05) is 18.5 Å². The van der Waals surface area contributed by atoms with Crippen LogP contribution in [0.3, 0.4) is 0 Å². The maximum atomic E-state index is 11.2. The smallest absolute Gasteiger partial charge is 0.220 e. The van der Waals surface area contributed by atoms with E-state index in [1.807, 2.05) is 11.4 Å². The molecule has 3 heterocycles. The van der Waals surface area contributed by atoms with Crippen LogP contribution in [-0.2, 0) is 11.3 Å². The van der Waals surface area contributed by atoms with Crippen LogP contribution in [0.25, 0.3) is 10.2 Å². The number of amides is 1. The topological polar surface area (TPSA) is 110 Å². The molecule has 2 aromatic heterocycles. The summed E-state index contributed by atoms with van der Waals surface area (Å²) in [5.74, 6) is 6.74. The van der Waals surface area contributed by atoms with Crippen molar-refractivity contribution in [3.05, 3.63) is 17.3 Å². The number of hydrazine groups is 1. The van der Waals surface area contributed by atoms with Gasteiger partial charge in [-0.2, -0.15) is 0 Å². The molecule has 2 aromatic rings. The Morgan fingerprint density at radius 3 is 2.86 bits per heavy atom. The lowest BCUT2D eigenvalue weighted by Gasteiger charge is -2.29. The van der Waals surface area contributed by atoms with Crippen LogP contribution in [0.5, 0.6) is 0 Å². The van der Waals surface area contributed by atoms with E-state index >= 15 is 0 Å². The molecule has 0 bridgehead atoms. The predicted octanol–water partition coefficient (Wildman–Crippen LogP) is 0.674. The zero-order valence-corrected chi connectivity index (χ0v) is 12.4. The standard InChI is InChI=1S/C13H18N6OS/c14-11(20)8-1-4-19(5-2-8)7-10-16-12(18-15)9-3-6-21-13(9)17-10/h3,6,8H,1-2,4-5,7,15H2,(H2,14,20)(H,16,17,18). The highest BCUT2D eigenvalue weighted by molar-refractivity contribution is 7.16. The van der Waals surface area contributed by atoms with E-state index in [-0.39, 0.29) is 11.8 Å². The van der Waals surface area contributed by atoms with Gasteiger partial charge in [0.05, 0.1) is 11.9 Å². The van der Waals surface area contributed by atoms with Crippen molar-refractivity contribution in [1.82, 2.24) is 14.9 Å². The number of piperidine rings is 1. The van der Waals surface area contributed by atoms with Gasteiger partial charge in [-0.1, -0.05) is 0 Å². The molecule has 0 unspecified atom stereocenters. The highest BCUT2D eigenvalue weighted by atomic mass is 32.1. The molecule has 21 heavy (non-hydrogen) atoms. The minimum atomic E-state index is -0.194. The molecule has 1 aliphatic rings. The molecule has 0 atom stereocenters. The van der Waals surface area contributed by atoms with Gasteiger partial charge < -0.3 is 11.2 Å². The van der Waals surface area contributed by atoms with E-state index in [1.54, 1.807) is 11.3 Å². The summed E-state index contributed by atoms with van der Waals surface area (Å²) in [4.78, 5) is 23.4.